The Morgan fingerprint density at radius 3 is 2.47 bits per heavy atom. The zero-order valence-corrected chi connectivity index (χ0v) is 18.8. The Labute approximate surface area is 196 Å². The van der Waals surface area contributed by atoms with E-state index in [1.54, 1.807) is 13.0 Å². The number of rotatable bonds is 9. The van der Waals surface area contributed by atoms with Crippen molar-refractivity contribution in [2.24, 2.45) is 10.9 Å². The van der Waals surface area contributed by atoms with Crippen LogP contribution in [0, 0.1) is 28.9 Å². The largest absolute Gasteiger partial charge is 0.573 e. The normalized spacial score (nSPS) is 19.9. The lowest BCUT2D eigenvalue weighted by molar-refractivity contribution is -0.303. The van der Waals surface area contributed by atoms with Gasteiger partial charge in [0.2, 0.25) is 0 Å². The van der Waals surface area contributed by atoms with E-state index in [0.29, 0.717) is 12.8 Å². The van der Waals surface area contributed by atoms with Crippen molar-refractivity contribution in [1.82, 2.24) is 0 Å². The van der Waals surface area contributed by atoms with Crippen molar-refractivity contribution < 1.29 is 26.7 Å². The van der Waals surface area contributed by atoms with Gasteiger partial charge in [0.1, 0.15) is 17.4 Å². The number of benzene rings is 1. The molecular formula is C26H25F5N2O. The van der Waals surface area contributed by atoms with E-state index in [1.807, 2.05) is 25.2 Å². The molecule has 34 heavy (non-hydrogen) atoms. The first-order valence-corrected chi connectivity index (χ1v) is 10.7. The molecule has 2 atom stereocenters. The van der Waals surface area contributed by atoms with Crippen molar-refractivity contribution in [2.75, 3.05) is 0 Å². The fourth-order valence-corrected chi connectivity index (χ4v) is 3.49. The summed E-state index contributed by atoms with van der Waals surface area (Å²) >= 11 is 0. The summed E-state index contributed by atoms with van der Waals surface area (Å²) in [7, 11) is 0. The molecule has 1 heterocycles. The summed E-state index contributed by atoms with van der Waals surface area (Å²) in [5, 5.41) is 9.55. The monoisotopic (exact) mass is 476 g/mol. The lowest BCUT2D eigenvalue weighted by atomic mass is 9.91. The van der Waals surface area contributed by atoms with Crippen LogP contribution in [0.25, 0.3) is 0 Å². The molecule has 0 aliphatic carbocycles. The SMILES string of the molecule is C\C=C/C(=C\C=C\C/C=C\C/C(=C\C)C1N=C(c2c(F)cccc2F)CC1C#N)OC(F)(F)F. The van der Waals surface area contributed by atoms with Gasteiger partial charge in [-0.3, -0.25) is 4.99 Å². The van der Waals surface area contributed by atoms with Crippen LogP contribution >= 0.6 is 0 Å². The molecular weight excluding hydrogens is 451 g/mol. The van der Waals surface area contributed by atoms with Gasteiger partial charge in [0.15, 0.2) is 0 Å². The molecule has 3 nitrogen and oxygen atoms in total. The molecule has 0 fully saturated rings. The number of hydrogen-bond donors (Lipinski definition) is 0. The van der Waals surface area contributed by atoms with E-state index in [9.17, 15) is 27.2 Å². The summed E-state index contributed by atoms with van der Waals surface area (Å²) in [4.78, 5) is 4.48. The molecule has 0 radical (unpaired) electrons. The summed E-state index contributed by atoms with van der Waals surface area (Å²) in [6.07, 6.45) is 8.84. The van der Waals surface area contributed by atoms with Gasteiger partial charge in [-0.25, -0.2) is 8.78 Å². The predicted octanol–water partition coefficient (Wildman–Crippen LogP) is 7.50. The van der Waals surface area contributed by atoms with Gasteiger partial charge in [-0.15, -0.1) is 13.2 Å². The number of aliphatic imine (C=N–C) groups is 1. The topological polar surface area (TPSA) is 45.4 Å². The van der Waals surface area contributed by atoms with Crippen LogP contribution in [-0.2, 0) is 4.74 Å². The van der Waals surface area contributed by atoms with E-state index in [1.165, 1.54) is 30.4 Å². The van der Waals surface area contributed by atoms with E-state index in [4.69, 9.17) is 0 Å². The number of alkyl halides is 3. The number of hydrogen-bond acceptors (Lipinski definition) is 3. The van der Waals surface area contributed by atoms with E-state index in [0.717, 1.165) is 17.7 Å². The van der Waals surface area contributed by atoms with Crippen LogP contribution in [0.2, 0.25) is 0 Å². The predicted molar refractivity (Wildman–Crippen MR) is 122 cm³/mol. The minimum Gasteiger partial charge on any atom is -0.406 e. The second kappa shape index (κ2) is 12.7. The lowest BCUT2D eigenvalue weighted by Gasteiger charge is -2.14. The smallest absolute Gasteiger partial charge is 0.406 e. The van der Waals surface area contributed by atoms with E-state index < -0.39 is 30.0 Å². The Morgan fingerprint density at radius 1 is 1.18 bits per heavy atom. The van der Waals surface area contributed by atoms with Crippen LogP contribution in [-0.4, -0.2) is 18.1 Å². The van der Waals surface area contributed by atoms with Crippen LogP contribution in [0.15, 0.2) is 83.1 Å². The van der Waals surface area contributed by atoms with Crippen LogP contribution in [0.3, 0.4) is 0 Å². The first kappa shape index (κ1) is 26.8. The number of allylic oxidation sites excluding steroid dienone is 8. The van der Waals surface area contributed by atoms with Gasteiger partial charge >= 0.3 is 6.36 Å². The second-order valence-electron chi connectivity index (χ2n) is 7.38. The molecule has 2 rings (SSSR count). The highest BCUT2D eigenvalue weighted by molar-refractivity contribution is 6.03. The summed E-state index contributed by atoms with van der Waals surface area (Å²) in [6.45, 7) is 3.39. The second-order valence-corrected chi connectivity index (χ2v) is 7.38. The van der Waals surface area contributed by atoms with Crippen LogP contribution in [0.1, 0.15) is 38.7 Å². The molecule has 0 saturated heterocycles. The maximum absolute atomic E-state index is 14.2. The van der Waals surface area contributed by atoms with Crippen LogP contribution in [0.4, 0.5) is 22.0 Å². The van der Waals surface area contributed by atoms with Crippen LogP contribution < -0.4 is 0 Å². The summed E-state index contributed by atoms with van der Waals surface area (Å²) in [6, 6.07) is 5.28. The minimum atomic E-state index is -4.76. The summed E-state index contributed by atoms with van der Waals surface area (Å²) in [5.41, 5.74) is 0.886. The van der Waals surface area contributed by atoms with Gasteiger partial charge < -0.3 is 4.74 Å². The van der Waals surface area contributed by atoms with Crippen LogP contribution in [0.5, 0.6) is 0 Å². The van der Waals surface area contributed by atoms with Crippen molar-refractivity contribution in [3.63, 3.8) is 0 Å². The fraction of sp³-hybridized carbons (Fsp3) is 0.308. The van der Waals surface area contributed by atoms with E-state index in [-0.39, 0.29) is 23.5 Å². The average molecular weight is 476 g/mol. The molecule has 0 bridgehead atoms. The number of halogens is 5. The van der Waals surface area contributed by atoms with E-state index in [2.05, 4.69) is 15.8 Å². The van der Waals surface area contributed by atoms with Crippen molar-refractivity contribution >= 4 is 5.71 Å². The van der Waals surface area contributed by atoms with Gasteiger partial charge in [0, 0.05) is 6.42 Å². The molecule has 0 amide bonds. The maximum atomic E-state index is 14.2. The minimum absolute atomic E-state index is 0.156. The van der Waals surface area contributed by atoms with Gasteiger partial charge in [-0.05, 0) is 56.5 Å². The quantitative estimate of drug-likeness (QED) is 0.160. The zero-order chi connectivity index (χ0) is 25.1. The highest BCUT2D eigenvalue weighted by Gasteiger charge is 2.34. The Balaban J connectivity index is 2.03. The molecule has 1 aliphatic heterocycles. The molecule has 0 saturated carbocycles. The average Bonchev–Trinajstić information content (AvgIpc) is 3.18. The fourth-order valence-electron chi connectivity index (χ4n) is 3.49. The molecule has 1 aliphatic rings. The third kappa shape index (κ3) is 7.84. The Morgan fingerprint density at radius 2 is 1.88 bits per heavy atom. The van der Waals surface area contributed by atoms with Crippen molar-refractivity contribution in [2.45, 2.75) is 45.5 Å². The highest BCUT2D eigenvalue weighted by atomic mass is 19.4. The first-order valence-electron chi connectivity index (χ1n) is 10.7. The van der Waals surface area contributed by atoms with Crippen molar-refractivity contribution in [3.05, 3.63) is 95.3 Å². The number of ether oxygens (including phenoxy) is 1. The highest BCUT2D eigenvalue weighted by Crippen LogP contribution is 2.32. The van der Waals surface area contributed by atoms with Gasteiger partial charge in [0.25, 0.3) is 0 Å². The van der Waals surface area contributed by atoms with Gasteiger partial charge in [-0.2, -0.15) is 5.26 Å². The van der Waals surface area contributed by atoms with Gasteiger partial charge in [-0.1, -0.05) is 42.5 Å². The molecule has 0 spiro atoms. The van der Waals surface area contributed by atoms with Gasteiger partial charge in [0.05, 0.1) is 29.3 Å². The molecule has 180 valence electrons. The standard InChI is InChI=1S/C26H25F5N2O/c1-3-11-20(34-26(29,30)31)13-9-7-5-6-8-12-18(4-2)25-19(17-32)16-23(33-25)24-21(27)14-10-15-22(24)28/h3-4,6-11,13-15,19,25H,5,12,16H2,1-2H3/b8-6-,9-7+,11-3-,18-4+,20-13+. The molecule has 1 aromatic rings. The Kier molecular flexibility index (Phi) is 9.99. The molecule has 0 N–H and O–H groups in total. The number of nitriles is 1. The molecule has 1 aromatic carbocycles. The lowest BCUT2D eigenvalue weighted by Crippen LogP contribution is -2.15. The molecule has 0 aromatic heterocycles. The molecule has 8 heteroatoms. The summed E-state index contributed by atoms with van der Waals surface area (Å²) < 4.78 is 69.3. The van der Waals surface area contributed by atoms with Crippen molar-refractivity contribution in [1.29, 1.82) is 5.26 Å². The van der Waals surface area contributed by atoms with E-state index >= 15 is 0 Å². The first-order chi connectivity index (χ1) is 16.2. The maximum Gasteiger partial charge on any atom is 0.573 e. The Hall–Kier alpha value is -3.47. The third-order valence-corrected chi connectivity index (χ3v) is 5.01. The summed E-state index contributed by atoms with van der Waals surface area (Å²) in [5.74, 6) is -2.28. The zero-order valence-electron chi connectivity index (χ0n) is 18.8. The van der Waals surface area contributed by atoms with Crippen molar-refractivity contribution in [3.8, 4) is 6.07 Å². The Bertz CT molecular complexity index is 1050. The number of nitrogens with zero attached hydrogens (tertiary/aromatic N) is 2. The third-order valence-electron chi connectivity index (χ3n) is 5.01. The molecule has 2 unspecified atom stereocenters.